The van der Waals surface area contributed by atoms with Crippen LogP contribution in [0.15, 0.2) is 36.5 Å². The Hall–Kier alpha value is -1.91. The van der Waals surface area contributed by atoms with Gasteiger partial charge in [0, 0.05) is 26.4 Å². The van der Waals surface area contributed by atoms with Crippen LogP contribution in [0.25, 0.3) is 0 Å². The van der Waals surface area contributed by atoms with E-state index >= 15 is 0 Å². The van der Waals surface area contributed by atoms with Gasteiger partial charge in [0.2, 0.25) is 0 Å². The average Bonchev–Trinajstić information content (AvgIpc) is 2.52. The Morgan fingerprint density at radius 3 is 2.55 bits per heavy atom. The molecule has 0 spiro atoms. The zero-order chi connectivity index (χ0) is 15.8. The topological polar surface area (TPSA) is 43.4 Å². The second kappa shape index (κ2) is 8.51. The maximum absolute atomic E-state index is 5.95. The molecule has 0 amide bonds. The SMILES string of the molecule is COCCNCc1cc(C)c(OCc2ccccn2)c(C)c1. The number of rotatable bonds is 8. The highest BCUT2D eigenvalue weighted by Crippen LogP contribution is 2.25. The minimum atomic E-state index is 0.494. The summed E-state index contributed by atoms with van der Waals surface area (Å²) in [6.07, 6.45) is 1.78. The molecule has 118 valence electrons. The van der Waals surface area contributed by atoms with Crippen molar-refractivity contribution in [2.45, 2.75) is 27.0 Å². The maximum atomic E-state index is 5.95. The van der Waals surface area contributed by atoms with Crippen molar-refractivity contribution < 1.29 is 9.47 Å². The molecule has 0 radical (unpaired) electrons. The molecule has 22 heavy (non-hydrogen) atoms. The quantitative estimate of drug-likeness (QED) is 0.761. The smallest absolute Gasteiger partial charge is 0.130 e. The van der Waals surface area contributed by atoms with Crippen LogP contribution in [0.2, 0.25) is 0 Å². The highest BCUT2D eigenvalue weighted by molar-refractivity contribution is 5.43. The second-order valence-electron chi connectivity index (χ2n) is 5.34. The van der Waals surface area contributed by atoms with Gasteiger partial charge < -0.3 is 14.8 Å². The van der Waals surface area contributed by atoms with Gasteiger partial charge in [-0.05, 0) is 42.7 Å². The number of methoxy groups -OCH3 is 1. The summed E-state index contributed by atoms with van der Waals surface area (Å²) in [6.45, 7) is 7.08. The van der Waals surface area contributed by atoms with Crippen LogP contribution in [0.1, 0.15) is 22.4 Å². The minimum Gasteiger partial charge on any atom is -0.487 e. The zero-order valence-electron chi connectivity index (χ0n) is 13.6. The van der Waals surface area contributed by atoms with Crippen LogP contribution in [-0.4, -0.2) is 25.2 Å². The summed E-state index contributed by atoms with van der Waals surface area (Å²) < 4.78 is 11.0. The first kappa shape index (κ1) is 16.5. The first-order valence-corrected chi connectivity index (χ1v) is 7.53. The largest absolute Gasteiger partial charge is 0.487 e. The van der Waals surface area contributed by atoms with E-state index in [0.29, 0.717) is 6.61 Å². The van der Waals surface area contributed by atoms with E-state index in [-0.39, 0.29) is 0 Å². The predicted octanol–water partition coefficient (Wildman–Crippen LogP) is 3.01. The van der Waals surface area contributed by atoms with Gasteiger partial charge in [-0.3, -0.25) is 4.98 Å². The van der Waals surface area contributed by atoms with E-state index in [1.54, 1.807) is 13.3 Å². The fourth-order valence-electron chi connectivity index (χ4n) is 2.41. The van der Waals surface area contributed by atoms with Crippen molar-refractivity contribution >= 4 is 0 Å². The summed E-state index contributed by atoms with van der Waals surface area (Å²) >= 11 is 0. The van der Waals surface area contributed by atoms with Crippen molar-refractivity contribution in [1.29, 1.82) is 0 Å². The molecule has 0 unspecified atom stereocenters. The van der Waals surface area contributed by atoms with Gasteiger partial charge in [0.15, 0.2) is 0 Å². The molecule has 0 aliphatic carbocycles. The molecular formula is C18H24N2O2. The lowest BCUT2D eigenvalue weighted by Crippen LogP contribution is -2.18. The van der Waals surface area contributed by atoms with E-state index in [0.717, 1.165) is 42.3 Å². The van der Waals surface area contributed by atoms with Crippen molar-refractivity contribution in [3.8, 4) is 5.75 Å². The Morgan fingerprint density at radius 2 is 1.91 bits per heavy atom. The lowest BCUT2D eigenvalue weighted by molar-refractivity contribution is 0.199. The molecule has 4 heteroatoms. The standard InChI is InChI=1S/C18H24N2O2/c1-14-10-16(12-19-8-9-21-3)11-15(2)18(14)22-13-17-6-4-5-7-20-17/h4-7,10-11,19H,8-9,12-13H2,1-3H3. The van der Waals surface area contributed by atoms with Crippen molar-refractivity contribution in [1.82, 2.24) is 10.3 Å². The van der Waals surface area contributed by atoms with E-state index in [1.165, 1.54) is 5.56 Å². The van der Waals surface area contributed by atoms with Crippen LogP contribution in [-0.2, 0) is 17.9 Å². The van der Waals surface area contributed by atoms with E-state index in [2.05, 4.69) is 36.3 Å². The summed E-state index contributed by atoms with van der Waals surface area (Å²) in [5.74, 6) is 0.950. The number of ether oxygens (including phenoxy) is 2. The van der Waals surface area contributed by atoms with Gasteiger partial charge in [-0.1, -0.05) is 18.2 Å². The third-order valence-electron chi connectivity index (χ3n) is 3.42. The summed E-state index contributed by atoms with van der Waals surface area (Å²) in [4.78, 5) is 4.28. The van der Waals surface area contributed by atoms with E-state index < -0.39 is 0 Å². The summed E-state index contributed by atoms with van der Waals surface area (Å²) in [5.41, 5.74) is 4.50. The number of hydrogen-bond acceptors (Lipinski definition) is 4. The fourth-order valence-corrected chi connectivity index (χ4v) is 2.41. The van der Waals surface area contributed by atoms with Gasteiger partial charge in [0.25, 0.3) is 0 Å². The molecule has 4 nitrogen and oxygen atoms in total. The summed E-state index contributed by atoms with van der Waals surface area (Å²) in [5, 5.41) is 3.36. The van der Waals surface area contributed by atoms with Crippen molar-refractivity contribution in [3.63, 3.8) is 0 Å². The number of hydrogen-bond donors (Lipinski definition) is 1. The number of nitrogens with one attached hydrogen (secondary N) is 1. The molecule has 0 bridgehead atoms. The Labute approximate surface area is 132 Å². The molecule has 0 saturated heterocycles. The Kier molecular flexibility index (Phi) is 6.37. The number of pyridine rings is 1. The molecule has 0 aliphatic rings. The molecule has 1 aromatic heterocycles. The lowest BCUT2D eigenvalue weighted by atomic mass is 10.1. The number of nitrogens with zero attached hydrogens (tertiary/aromatic N) is 1. The molecular weight excluding hydrogens is 276 g/mol. The van der Waals surface area contributed by atoms with Crippen molar-refractivity contribution in [3.05, 3.63) is 58.9 Å². The Morgan fingerprint density at radius 1 is 1.14 bits per heavy atom. The summed E-state index contributed by atoms with van der Waals surface area (Å²) in [7, 11) is 1.71. The second-order valence-corrected chi connectivity index (χ2v) is 5.34. The number of benzene rings is 1. The van der Waals surface area contributed by atoms with Gasteiger partial charge in [-0.15, -0.1) is 0 Å². The van der Waals surface area contributed by atoms with Crippen molar-refractivity contribution in [2.24, 2.45) is 0 Å². The first-order valence-electron chi connectivity index (χ1n) is 7.53. The monoisotopic (exact) mass is 300 g/mol. The van der Waals surface area contributed by atoms with Gasteiger partial charge in [0.1, 0.15) is 12.4 Å². The first-order chi connectivity index (χ1) is 10.7. The van der Waals surface area contributed by atoms with Crippen LogP contribution in [0.5, 0.6) is 5.75 Å². The van der Waals surface area contributed by atoms with Gasteiger partial charge in [-0.25, -0.2) is 0 Å². The van der Waals surface area contributed by atoms with Crippen LogP contribution in [0, 0.1) is 13.8 Å². The molecule has 1 heterocycles. The van der Waals surface area contributed by atoms with Crippen LogP contribution >= 0.6 is 0 Å². The van der Waals surface area contributed by atoms with Crippen LogP contribution in [0.3, 0.4) is 0 Å². The lowest BCUT2D eigenvalue weighted by Gasteiger charge is -2.14. The Bertz CT molecular complexity index is 562. The van der Waals surface area contributed by atoms with Gasteiger partial charge >= 0.3 is 0 Å². The third kappa shape index (κ3) is 4.83. The zero-order valence-corrected chi connectivity index (χ0v) is 13.6. The van der Waals surface area contributed by atoms with Gasteiger partial charge in [-0.2, -0.15) is 0 Å². The highest BCUT2D eigenvalue weighted by atomic mass is 16.5. The normalized spacial score (nSPS) is 10.7. The number of aryl methyl sites for hydroxylation is 2. The fraction of sp³-hybridized carbons (Fsp3) is 0.389. The molecule has 2 aromatic rings. The summed E-state index contributed by atoms with van der Waals surface area (Å²) in [6, 6.07) is 10.2. The molecule has 0 fully saturated rings. The van der Waals surface area contributed by atoms with E-state index in [1.807, 2.05) is 18.2 Å². The van der Waals surface area contributed by atoms with E-state index in [9.17, 15) is 0 Å². The van der Waals surface area contributed by atoms with Crippen molar-refractivity contribution in [2.75, 3.05) is 20.3 Å². The minimum absolute atomic E-state index is 0.494. The molecule has 2 rings (SSSR count). The van der Waals surface area contributed by atoms with Crippen LogP contribution < -0.4 is 10.1 Å². The highest BCUT2D eigenvalue weighted by Gasteiger charge is 2.07. The van der Waals surface area contributed by atoms with E-state index in [4.69, 9.17) is 9.47 Å². The molecule has 1 N–H and O–H groups in total. The van der Waals surface area contributed by atoms with Gasteiger partial charge in [0.05, 0.1) is 12.3 Å². The molecule has 0 atom stereocenters. The predicted molar refractivity (Wildman–Crippen MR) is 88.1 cm³/mol. The molecule has 1 aromatic carbocycles. The maximum Gasteiger partial charge on any atom is 0.130 e. The Balaban J connectivity index is 1.97. The average molecular weight is 300 g/mol. The third-order valence-corrected chi connectivity index (χ3v) is 3.42. The molecule has 0 saturated carbocycles. The molecule has 0 aliphatic heterocycles. The number of aromatic nitrogens is 1. The van der Waals surface area contributed by atoms with Crippen LogP contribution in [0.4, 0.5) is 0 Å².